The molecule has 16 heavy (non-hydrogen) atoms. The summed E-state index contributed by atoms with van der Waals surface area (Å²) in [5.74, 6) is 0. The smallest absolute Gasteiger partial charge is 0.0699 e. The summed E-state index contributed by atoms with van der Waals surface area (Å²) < 4.78 is 7.58. The third-order valence-corrected chi connectivity index (χ3v) is 3.30. The van der Waals surface area contributed by atoms with E-state index in [-0.39, 0.29) is 0 Å². The summed E-state index contributed by atoms with van der Waals surface area (Å²) >= 11 is 0. The highest BCUT2D eigenvalue weighted by molar-refractivity contribution is 5.15. The Morgan fingerprint density at radius 3 is 3.06 bits per heavy atom. The van der Waals surface area contributed by atoms with Gasteiger partial charge >= 0.3 is 0 Å². The maximum Gasteiger partial charge on any atom is 0.0699 e. The molecule has 0 bridgehead atoms. The first kappa shape index (κ1) is 11.6. The summed E-state index contributed by atoms with van der Waals surface area (Å²) in [5.41, 5.74) is 2.51. The Kier molecular flexibility index (Phi) is 3.96. The molecule has 4 nitrogen and oxygen atoms in total. The minimum Gasteiger partial charge on any atom is -0.377 e. The zero-order valence-corrected chi connectivity index (χ0v) is 10.2. The standard InChI is InChI=1S/C12H21N3O/c1-10-11(8-14-15(10)2)7-13-9-12-5-3-4-6-16-12/h8,12-13H,3-7,9H2,1-2H3. The number of nitrogens with one attached hydrogen (secondary N) is 1. The summed E-state index contributed by atoms with van der Waals surface area (Å²) in [6, 6.07) is 0. The maximum atomic E-state index is 5.67. The van der Waals surface area contributed by atoms with E-state index in [0.29, 0.717) is 6.10 Å². The summed E-state index contributed by atoms with van der Waals surface area (Å²) in [6.07, 6.45) is 6.06. The lowest BCUT2D eigenvalue weighted by Crippen LogP contribution is -2.31. The van der Waals surface area contributed by atoms with Crippen LogP contribution in [0.3, 0.4) is 0 Å². The van der Waals surface area contributed by atoms with Gasteiger partial charge in [-0.1, -0.05) is 0 Å². The molecule has 0 spiro atoms. The topological polar surface area (TPSA) is 39.1 Å². The zero-order valence-electron chi connectivity index (χ0n) is 10.2. The molecular weight excluding hydrogens is 202 g/mol. The molecule has 0 aromatic carbocycles. The Labute approximate surface area is 97.0 Å². The van der Waals surface area contributed by atoms with Crippen LogP contribution in [-0.4, -0.2) is 29.0 Å². The van der Waals surface area contributed by atoms with Gasteiger partial charge in [-0.05, 0) is 26.2 Å². The molecule has 4 heteroatoms. The van der Waals surface area contributed by atoms with Crippen molar-refractivity contribution in [2.75, 3.05) is 13.2 Å². The quantitative estimate of drug-likeness (QED) is 0.838. The predicted molar refractivity (Wildman–Crippen MR) is 63.2 cm³/mol. The van der Waals surface area contributed by atoms with Gasteiger partial charge in [0.1, 0.15) is 0 Å². The molecule has 1 N–H and O–H groups in total. The average molecular weight is 223 g/mol. The first-order valence-electron chi connectivity index (χ1n) is 6.07. The van der Waals surface area contributed by atoms with Gasteiger partial charge < -0.3 is 10.1 Å². The van der Waals surface area contributed by atoms with E-state index < -0.39 is 0 Å². The highest BCUT2D eigenvalue weighted by atomic mass is 16.5. The van der Waals surface area contributed by atoms with Gasteiger partial charge in [0.15, 0.2) is 0 Å². The van der Waals surface area contributed by atoms with Crippen LogP contribution in [0.25, 0.3) is 0 Å². The normalized spacial score (nSPS) is 21.2. The monoisotopic (exact) mass is 223 g/mol. The average Bonchev–Trinajstić information content (AvgIpc) is 2.62. The van der Waals surface area contributed by atoms with Crippen molar-refractivity contribution < 1.29 is 4.74 Å². The third-order valence-electron chi connectivity index (χ3n) is 3.30. The highest BCUT2D eigenvalue weighted by Crippen LogP contribution is 2.12. The van der Waals surface area contributed by atoms with Crippen LogP contribution in [0.5, 0.6) is 0 Å². The second-order valence-electron chi connectivity index (χ2n) is 4.50. The van der Waals surface area contributed by atoms with Gasteiger partial charge in [-0.3, -0.25) is 4.68 Å². The van der Waals surface area contributed by atoms with Crippen LogP contribution < -0.4 is 5.32 Å². The number of ether oxygens (including phenoxy) is 1. The fourth-order valence-electron chi connectivity index (χ4n) is 2.05. The minimum atomic E-state index is 0.408. The molecule has 1 saturated heterocycles. The lowest BCUT2D eigenvalue weighted by atomic mass is 10.1. The molecular formula is C12H21N3O. The van der Waals surface area contributed by atoms with Crippen molar-refractivity contribution in [1.29, 1.82) is 0 Å². The van der Waals surface area contributed by atoms with Crippen molar-refractivity contribution in [3.05, 3.63) is 17.5 Å². The minimum absolute atomic E-state index is 0.408. The first-order valence-corrected chi connectivity index (χ1v) is 6.07. The fraction of sp³-hybridized carbons (Fsp3) is 0.750. The van der Waals surface area contributed by atoms with Gasteiger partial charge in [0.05, 0.1) is 12.3 Å². The molecule has 1 atom stereocenters. The summed E-state index contributed by atoms with van der Waals surface area (Å²) in [5, 5.41) is 7.67. The molecule has 0 radical (unpaired) electrons. The lowest BCUT2D eigenvalue weighted by molar-refractivity contribution is 0.0168. The molecule has 90 valence electrons. The third kappa shape index (κ3) is 2.83. The van der Waals surface area contributed by atoms with Crippen LogP contribution in [0.1, 0.15) is 30.5 Å². The Hall–Kier alpha value is -0.870. The largest absolute Gasteiger partial charge is 0.377 e. The van der Waals surface area contributed by atoms with E-state index in [1.165, 1.54) is 30.5 Å². The van der Waals surface area contributed by atoms with Gasteiger partial charge in [-0.15, -0.1) is 0 Å². The van der Waals surface area contributed by atoms with Gasteiger partial charge in [-0.2, -0.15) is 5.10 Å². The van der Waals surface area contributed by atoms with E-state index in [2.05, 4.69) is 17.3 Å². The van der Waals surface area contributed by atoms with E-state index in [9.17, 15) is 0 Å². The number of aryl methyl sites for hydroxylation is 1. The Balaban J connectivity index is 1.73. The van der Waals surface area contributed by atoms with Gasteiger partial charge in [0.25, 0.3) is 0 Å². The number of nitrogens with zero attached hydrogens (tertiary/aromatic N) is 2. The molecule has 1 aliphatic rings. The van der Waals surface area contributed by atoms with Crippen molar-refractivity contribution in [2.45, 2.75) is 38.8 Å². The molecule has 2 heterocycles. The van der Waals surface area contributed by atoms with Crippen molar-refractivity contribution in [3.8, 4) is 0 Å². The van der Waals surface area contributed by atoms with Crippen LogP contribution in [0.2, 0.25) is 0 Å². The predicted octanol–water partition coefficient (Wildman–Crippen LogP) is 1.39. The second-order valence-corrected chi connectivity index (χ2v) is 4.50. The molecule has 0 saturated carbocycles. The van der Waals surface area contributed by atoms with E-state index in [1.54, 1.807) is 0 Å². The molecule has 0 aliphatic carbocycles. The first-order chi connectivity index (χ1) is 7.77. The van der Waals surface area contributed by atoms with Crippen LogP contribution in [0.4, 0.5) is 0 Å². The van der Waals surface area contributed by atoms with Crippen molar-refractivity contribution >= 4 is 0 Å². The number of rotatable bonds is 4. The van der Waals surface area contributed by atoms with Gasteiger partial charge in [-0.25, -0.2) is 0 Å². The van der Waals surface area contributed by atoms with E-state index >= 15 is 0 Å². The molecule has 1 aliphatic heterocycles. The van der Waals surface area contributed by atoms with E-state index in [4.69, 9.17) is 4.74 Å². The van der Waals surface area contributed by atoms with Gasteiger partial charge in [0, 0.05) is 38.0 Å². The molecule has 1 aromatic heterocycles. The Morgan fingerprint density at radius 1 is 1.56 bits per heavy atom. The molecule has 0 amide bonds. The summed E-state index contributed by atoms with van der Waals surface area (Å²) in [6.45, 7) is 4.87. The van der Waals surface area contributed by atoms with Crippen molar-refractivity contribution in [1.82, 2.24) is 15.1 Å². The fourth-order valence-corrected chi connectivity index (χ4v) is 2.05. The molecule has 2 rings (SSSR count). The van der Waals surface area contributed by atoms with Crippen molar-refractivity contribution in [2.24, 2.45) is 7.05 Å². The number of hydrogen-bond donors (Lipinski definition) is 1. The van der Waals surface area contributed by atoms with Crippen molar-refractivity contribution in [3.63, 3.8) is 0 Å². The Bertz CT molecular complexity index is 329. The van der Waals surface area contributed by atoms with Crippen LogP contribution >= 0.6 is 0 Å². The SMILES string of the molecule is Cc1c(CNCC2CCCCO2)cnn1C. The highest BCUT2D eigenvalue weighted by Gasteiger charge is 2.13. The summed E-state index contributed by atoms with van der Waals surface area (Å²) in [7, 11) is 1.98. The van der Waals surface area contributed by atoms with E-state index in [0.717, 1.165) is 19.7 Å². The van der Waals surface area contributed by atoms with Crippen LogP contribution in [0.15, 0.2) is 6.20 Å². The number of aromatic nitrogens is 2. The zero-order chi connectivity index (χ0) is 11.4. The second kappa shape index (κ2) is 5.46. The molecule has 1 aromatic rings. The Morgan fingerprint density at radius 2 is 2.44 bits per heavy atom. The van der Waals surface area contributed by atoms with Crippen LogP contribution in [-0.2, 0) is 18.3 Å². The van der Waals surface area contributed by atoms with Crippen LogP contribution in [0, 0.1) is 6.92 Å². The maximum absolute atomic E-state index is 5.67. The lowest BCUT2D eigenvalue weighted by Gasteiger charge is -2.22. The van der Waals surface area contributed by atoms with Gasteiger partial charge in [0.2, 0.25) is 0 Å². The molecule has 1 unspecified atom stereocenters. The van der Waals surface area contributed by atoms with E-state index in [1.807, 2.05) is 17.9 Å². The summed E-state index contributed by atoms with van der Waals surface area (Å²) in [4.78, 5) is 0. The molecule has 1 fully saturated rings. The number of hydrogen-bond acceptors (Lipinski definition) is 3.